The van der Waals surface area contributed by atoms with Crippen molar-refractivity contribution in [2.45, 2.75) is 44.8 Å². The molecule has 17 heavy (non-hydrogen) atoms. The van der Waals surface area contributed by atoms with Crippen LogP contribution in [-0.4, -0.2) is 46.9 Å². The lowest BCUT2D eigenvalue weighted by molar-refractivity contribution is -0.00247. The van der Waals surface area contributed by atoms with Crippen LogP contribution in [0.5, 0.6) is 0 Å². The molecule has 3 fully saturated rings. The SMILES string of the molecule is CC(C)(C)OC(=O)N1CC2(CO)CC1(CN)C2. The van der Waals surface area contributed by atoms with Gasteiger partial charge in [-0.1, -0.05) is 0 Å². The van der Waals surface area contributed by atoms with Crippen molar-refractivity contribution in [2.24, 2.45) is 11.1 Å². The number of rotatable bonds is 2. The third-order valence-electron chi connectivity index (χ3n) is 3.80. The van der Waals surface area contributed by atoms with Gasteiger partial charge in [-0.3, -0.25) is 0 Å². The van der Waals surface area contributed by atoms with Gasteiger partial charge in [0.2, 0.25) is 0 Å². The van der Waals surface area contributed by atoms with Crippen LogP contribution in [0.25, 0.3) is 0 Å². The number of aliphatic hydroxyl groups is 1. The van der Waals surface area contributed by atoms with Gasteiger partial charge in [-0.15, -0.1) is 0 Å². The number of nitrogens with zero attached hydrogens (tertiary/aromatic N) is 1. The maximum atomic E-state index is 12.1. The first-order valence-electron chi connectivity index (χ1n) is 6.08. The molecule has 0 radical (unpaired) electrons. The lowest BCUT2D eigenvalue weighted by Gasteiger charge is -2.46. The molecule has 1 saturated carbocycles. The number of hydrogen-bond donors (Lipinski definition) is 2. The Bertz CT molecular complexity index is 329. The quantitative estimate of drug-likeness (QED) is 0.747. The second-order valence-corrected chi connectivity index (χ2v) is 6.51. The number of fused-ring (bicyclic) bond motifs is 1. The highest BCUT2D eigenvalue weighted by atomic mass is 16.6. The molecule has 5 nitrogen and oxygen atoms in total. The molecule has 0 unspecified atom stereocenters. The van der Waals surface area contributed by atoms with Crippen LogP contribution in [0.3, 0.4) is 0 Å². The Morgan fingerprint density at radius 3 is 2.47 bits per heavy atom. The third-order valence-corrected chi connectivity index (χ3v) is 3.80. The minimum Gasteiger partial charge on any atom is -0.444 e. The molecule has 98 valence electrons. The Balaban J connectivity index is 2.10. The van der Waals surface area contributed by atoms with Crippen LogP contribution in [0.4, 0.5) is 4.79 Å². The minimum absolute atomic E-state index is 0.119. The van der Waals surface area contributed by atoms with Crippen molar-refractivity contribution in [1.82, 2.24) is 4.90 Å². The smallest absolute Gasteiger partial charge is 0.410 e. The summed E-state index contributed by atoms with van der Waals surface area (Å²) in [4.78, 5) is 13.8. The van der Waals surface area contributed by atoms with Gasteiger partial charge in [0, 0.05) is 18.5 Å². The normalized spacial score (nSPS) is 35.7. The Kier molecular flexibility index (Phi) is 2.67. The molecule has 1 amide bonds. The molecule has 3 N–H and O–H groups in total. The summed E-state index contributed by atoms with van der Waals surface area (Å²) >= 11 is 0. The van der Waals surface area contributed by atoms with E-state index in [0.717, 1.165) is 12.8 Å². The van der Waals surface area contributed by atoms with Crippen molar-refractivity contribution in [3.8, 4) is 0 Å². The van der Waals surface area contributed by atoms with Gasteiger partial charge in [0.05, 0.1) is 12.1 Å². The fourth-order valence-corrected chi connectivity index (χ4v) is 3.14. The van der Waals surface area contributed by atoms with Crippen molar-refractivity contribution in [3.05, 3.63) is 0 Å². The summed E-state index contributed by atoms with van der Waals surface area (Å²) in [7, 11) is 0. The van der Waals surface area contributed by atoms with E-state index in [0.29, 0.717) is 13.1 Å². The Hall–Kier alpha value is -0.810. The van der Waals surface area contributed by atoms with Crippen LogP contribution in [0.1, 0.15) is 33.6 Å². The summed E-state index contributed by atoms with van der Waals surface area (Å²) in [5.74, 6) is 0. The van der Waals surface area contributed by atoms with Gasteiger partial charge in [-0.25, -0.2) is 4.79 Å². The van der Waals surface area contributed by atoms with Gasteiger partial charge in [0.1, 0.15) is 5.60 Å². The number of aliphatic hydroxyl groups excluding tert-OH is 1. The van der Waals surface area contributed by atoms with Crippen LogP contribution >= 0.6 is 0 Å². The number of amides is 1. The first kappa shape index (κ1) is 12.6. The van der Waals surface area contributed by atoms with Crippen molar-refractivity contribution in [3.63, 3.8) is 0 Å². The van der Waals surface area contributed by atoms with Crippen LogP contribution in [-0.2, 0) is 4.74 Å². The van der Waals surface area contributed by atoms with Gasteiger partial charge in [0.15, 0.2) is 0 Å². The molecule has 0 aromatic carbocycles. The molecule has 2 heterocycles. The molecule has 2 saturated heterocycles. The van der Waals surface area contributed by atoms with Gasteiger partial charge in [0.25, 0.3) is 0 Å². The van der Waals surface area contributed by atoms with Crippen LogP contribution in [0.15, 0.2) is 0 Å². The van der Waals surface area contributed by atoms with E-state index in [9.17, 15) is 9.90 Å². The fourth-order valence-electron chi connectivity index (χ4n) is 3.14. The zero-order chi connectivity index (χ0) is 12.9. The number of carbonyl (C=O) groups is 1. The average Bonchev–Trinajstić information content (AvgIpc) is 2.64. The number of hydrogen-bond acceptors (Lipinski definition) is 4. The second kappa shape index (κ2) is 3.59. The van der Waals surface area contributed by atoms with Crippen molar-refractivity contribution in [1.29, 1.82) is 0 Å². The molecule has 0 spiro atoms. The zero-order valence-corrected chi connectivity index (χ0v) is 10.8. The zero-order valence-electron chi connectivity index (χ0n) is 10.8. The van der Waals surface area contributed by atoms with Crippen LogP contribution in [0.2, 0.25) is 0 Å². The number of carbonyl (C=O) groups excluding carboxylic acids is 1. The highest BCUT2D eigenvalue weighted by Gasteiger charge is 2.66. The standard InChI is InChI=1S/C12H22N2O3/c1-10(2,3)17-9(16)14-7-11(8-15)4-12(14,5-11)6-13/h15H,4-8,13H2,1-3H3. The summed E-state index contributed by atoms with van der Waals surface area (Å²) in [6, 6.07) is 0. The molecule has 2 bridgehead atoms. The molecule has 0 aromatic rings. The average molecular weight is 242 g/mol. The molecule has 5 heteroatoms. The molecule has 1 aliphatic carbocycles. The van der Waals surface area contributed by atoms with E-state index in [-0.39, 0.29) is 23.7 Å². The second-order valence-electron chi connectivity index (χ2n) is 6.51. The van der Waals surface area contributed by atoms with E-state index in [4.69, 9.17) is 10.5 Å². The molecular formula is C12H22N2O3. The summed E-state index contributed by atoms with van der Waals surface area (Å²) in [6.07, 6.45) is 1.29. The van der Waals surface area contributed by atoms with E-state index < -0.39 is 5.60 Å². The Morgan fingerprint density at radius 2 is 2.06 bits per heavy atom. The van der Waals surface area contributed by atoms with E-state index in [1.165, 1.54) is 0 Å². The molecule has 0 aromatic heterocycles. The van der Waals surface area contributed by atoms with Gasteiger partial charge in [-0.2, -0.15) is 0 Å². The predicted octanol–water partition coefficient (Wildman–Crippen LogP) is 0.707. The highest BCUT2D eigenvalue weighted by molar-refractivity contribution is 5.71. The fraction of sp³-hybridized carbons (Fsp3) is 0.917. The van der Waals surface area contributed by atoms with Gasteiger partial charge in [-0.05, 0) is 33.6 Å². The van der Waals surface area contributed by atoms with Crippen molar-refractivity contribution >= 4 is 6.09 Å². The predicted molar refractivity (Wildman–Crippen MR) is 63.5 cm³/mol. The topological polar surface area (TPSA) is 75.8 Å². The molecular weight excluding hydrogens is 220 g/mol. The summed E-state index contributed by atoms with van der Waals surface area (Å²) < 4.78 is 5.38. The largest absolute Gasteiger partial charge is 0.444 e. The lowest BCUT2D eigenvalue weighted by atomic mass is 9.62. The lowest BCUT2D eigenvalue weighted by Crippen LogP contribution is -2.57. The van der Waals surface area contributed by atoms with E-state index >= 15 is 0 Å². The maximum absolute atomic E-state index is 12.1. The summed E-state index contributed by atoms with van der Waals surface area (Å²) in [6.45, 7) is 6.67. The van der Waals surface area contributed by atoms with Crippen LogP contribution < -0.4 is 5.73 Å². The van der Waals surface area contributed by atoms with E-state index in [1.807, 2.05) is 20.8 Å². The first-order valence-corrected chi connectivity index (χ1v) is 6.08. The third kappa shape index (κ3) is 1.91. The molecule has 0 atom stereocenters. The monoisotopic (exact) mass is 242 g/mol. The van der Waals surface area contributed by atoms with Gasteiger partial charge < -0.3 is 20.5 Å². The van der Waals surface area contributed by atoms with Crippen molar-refractivity contribution in [2.75, 3.05) is 19.7 Å². The summed E-state index contributed by atoms with van der Waals surface area (Å²) in [5, 5.41) is 9.39. The Labute approximate surface area is 102 Å². The molecule has 3 rings (SSSR count). The minimum atomic E-state index is -0.494. The van der Waals surface area contributed by atoms with Crippen LogP contribution in [0, 0.1) is 5.41 Å². The Morgan fingerprint density at radius 1 is 1.47 bits per heavy atom. The maximum Gasteiger partial charge on any atom is 0.410 e. The van der Waals surface area contributed by atoms with Gasteiger partial charge >= 0.3 is 6.09 Å². The van der Waals surface area contributed by atoms with E-state index in [1.54, 1.807) is 4.90 Å². The molecule has 3 aliphatic rings. The highest BCUT2D eigenvalue weighted by Crippen LogP contribution is 2.58. The molecule has 2 aliphatic heterocycles. The van der Waals surface area contributed by atoms with Crippen molar-refractivity contribution < 1.29 is 14.6 Å². The summed E-state index contributed by atoms with van der Waals surface area (Å²) in [5.41, 5.74) is 4.89. The number of nitrogens with two attached hydrogens (primary N) is 1. The number of ether oxygens (including phenoxy) is 1. The first-order chi connectivity index (χ1) is 7.76. The van der Waals surface area contributed by atoms with E-state index in [2.05, 4.69) is 0 Å².